The predicted octanol–water partition coefficient (Wildman–Crippen LogP) is 1.46. The summed E-state index contributed by atoms with van der Waals surface area (Å²) in [5, 5.41) is 2.61. The Hall–Kier alpha value is -2.06. The molecule has 1 heterocycles. The number of hydrogen-bond acceptors (Lipinski definition) is 6. The van der Waals surface area contributed by atoms with E-state index in [-0.39, 0.29) is 24.8 Å². The van der Waals surface area contributed by atoms with E-state index in [0.717, 1.165) is 10.6 Å². The van der Waals surface area contributed by atoms with Crippen molar-refractivity contribution in [1.29, 1.82) is 0 Å². The summed E-state index contributed by atoms with van der Waals surface area (Å²) in [6.07, 6.45) is 1.13. The van der Waals surface area contributed by atoms with Gasteiger partial charge in [-0.15, -0.1) is 11.8 Å². The Morgan fingerprint density at radius 1 is 1.42 bits per heavy atom. The monoisotopic (exact) mass is 380 g/mol. The number of nitrogens with zero attached hydrogens (tertiary/aromatic N) is 1. The number of carbonyl (C=O) groups is 3. The van der Waals surface area contributed by atoms with E-state index in [1.807, 2.05) is 30.5 Å². The second-order valence-corrected chi connectivity index (χ2v) is 6.85. The number of esters is 1. The van der Waals surface area contributed by atoms with Crippen molar-refractivity contribution >= 4 is 35.2 Å². The fraction of sp³-hybridized carbons (Fsp3) is 0.500. The molecule has 0 aromatic heterocycles. The van der Waals surface area contributed by atoms with E-state index in [0.29, 0.717) is 13.2 Å². The van der Waals surface area contributed by atoms with Gasteiger partial charge in [-0.1, -0.05) is 6.07 Å². The summed E-state index contributed by atoms with van der Waals surface area (Å²) in [6, 6.07) is 7.61. The minimum Gasteiger partial charge on any atom is -0.452 e. The van der Waals surface area contributed by atoms with Crippen LogP contribution in [0.4, 0.5) is 5.69 Å². The first-order valence-corrected chi connectivity index (χ1v) is 9.60. The van der Waals surface area contributed by atoms with Crippen LogP contribution in [0.5, 0.6) is 0 Å². The molecule has 142 valence electrons. The van der Waals surface area contributed by atoms with Gasteiger partial charge in [0.15, 0.2) is 6.10 Å². The van der Waals surface area contributed by atoms with E-state index < -0.39 is 18.0 Å². The van der Waals surface area contributed by atoms with Crippen LogP contribution in [0.15, 0.2) is 29.2 Å². The second-order valence-electron chi connectivity index (χ2n) is 5.97. The number of carbonyl (C=O) groups excluding carboxylic acids is 3. The Kier molecular flexibility index (Phi) is 7.47. The van der Waals surface area contributed by atoms with Gasteiger partial charge in [-0.2, -0.15) is 0 Å². The van der Waals surface area contributed by atoms with Gasteiger partial charge in [0.25, 0.3) is 5.91 Å². The summed E-state index contributed by atoms with van der Waals surface area (Å²) < 4.78 is 10.1. The molecule has 0 saturated carbocycles. The topological polar surface area (TPSA) is 84.9 Å². The van der Waals surface area contributed by atoms with Crippen molar-refractivity contribution in [2.75, 3.05) is 38.0 Å². The predicted molar refractivity (Wildman–Crippen MR) is 99.1 cm³/mol. The lowest BCUT2D eigenvalue weighted by molar-refractivity contribution is -0.158. The molecular weight excluding hydrogens is 356 g/mol. The number of methoxy groups -OCH3 is 1. The van der Waals surface area contributed by atoms with E-state index in [9.17, 15) is 14.4 Å². The smallest absolute Gasteiger partial charge is 0.312 e. The minimum atomic E-state index is -0.914. The summed E-state index contributed by atoms with van der Waals surface area (Å²) >= 11 is 1.59. The van der Waals surface area contributed by atoms with Crippen LogP contribution in [-0.2, 0) is 23.9 Å². The standard InChI is InChI=1S/C18H24N2O5S/c1-12(17(22)19-7-8-24-2)25-18(23)13-9-16(21)20(11-13)14-5-4-6-15(10-14)26-3/h4-6,10,12-13H,7-9,11H2,1-3H3,(H,19,22)/t12-,13+/m1/s1. The maximum absolute atomic E-state index is 12.3. The number of anilines is 1. The summed E-state index contributed by atoms with van der Waals surface area (Å²) in [4.78, 5) is 39.1. The van der Waals surface area contributed by atoms with Gasteiger partial charge in [0.05, 0.1) is 12.5 Å². The van der Waals surface area contributed by atoms with E-state index in [1.54, 1.807) is 16.7 Å². The van der Waals surface area contributed by atoms with Crippen molar-refractivity contribution in [2.45, 2.75) is 24.3 Å². The zero-order valence-electron chi connectivity index (χ0n) is 15.2. The van der Waals surface area contributed by atoms with Crippen LogP contribution >= 0.6 is 11.8 Å². The zero-order valence-corrected chi connectivity index (χ0v) is 16.0. The number of ether oxygens (including phenoxy) is 2. The van der Waals surface area contributed by atoms with Gasteiger partial charge in [0.1, 0.15) is 0 Å². The molecule has 26 heavy (non-hydrogen) atoms. The molecular formula is C18H24N2O5S. The van der Waals surface area contributed by atoms with Gasteiger partial charge in [0, 0.05) is 37.2 Å². The molecule has 0 spiro atoms. The highest BCUT2D eigenvalue weighted by atomic mass is 32.2. The van der Waals surface area contributed by atoms with Gasteiger partial charge in [-0.25, -0.2) is 0 Å². The van der Waals surface area contributed by atoms with Crippen LogP contribution in [0.2, 0.25) is 0 Å². The van der Waals surface area contributed by atoms with Crippen molar-refractivity contribution < 1.29 is 23.9 Å². The molecule has 1 saturated heterocycles. The SMILES string of the molecule is COCCNC(=O)[C@@H](C)OC(=O)[C@H]1CC(=O)N(c2cccc(SC)c2)C1. The van der Waals surface area contributed by atoms with Crippen LogP contribution in [0, 0.1) is 5.92 Å². The highest BCUT2D eigenvalue weighted by molar-refractivity contribution is 7.98. The van der Waals surface area contributed by atoms with Gasteiger partial charge in [0.2, 0.25) is 5.91 Å². The number of nitrogens with one attached hydrogen (secondary N) is 1. The third-order valence-electron chi connectivity index (χ3n) is 4.09. The van der Waals surface area contributed by atoms with Crippen molar-refractivity contribution in [2.24, 2.45) is 5.92 Å². The van der Waals surface area contributed by atoms with E-state index in [1.165, 1.54) is 14.0 Å². The molecule has 8 heteroatoms. The number of hydrogen-bond donors (Lipinski definition) is 1. The third kappa shape index (κ3) is 5.22. The first-order chi connectivity index (χ1) is 12.5. The summed E-state index contributed by atoms with van der Waals surface area (Å²) in [5.74, 6) is -1.61. The third-order valence-corrected chi connectivity index (χ3v) is 4.82. The molecule has 2 amide bonds. The van der Waals surface area contributed by atoms with E-state index >= 15 is 0 Å². The molecule has 1 N–H and O–H groups in total. The molecule has 1 aromatic rings. The Labute approximate surface area is 157 Å². The van der Waals surface area contributed by atoms with Crippen molar-refractivity contribution in [3.8, 4) is 0 Å². The molecule has 0 aliphatic carbocycles. The Morgan fingerprint density at radius 3 is 2.88 bits per heavy atom. The first kappa shape index (κ1) is 20.3. The largest absolute Gasteiger partial charge is 0.452 e. The molecule has 7 nitrogen and oxygen atoms in total. The molecule has 2 atom stereocenters. The maximum Gasteiger partial charge on any atom is 0.312 e. The molecule has 1 aliphatic heterocycles. The van der Waals surface area contributed by atoms with Crippen LogP contribution in [-0.4, -0.2) is 56.9 Å². The number of rotatable bonds is 8. The van der Waals surface area contributed by atoms with Gasteiger partial charge in [-0.05, 0) is 31.4 Å². The molecule has 1 fully saturated rings. The summed E-state index contributed by atoms with van der Waals surface area (Å²) in [7, 11) is 1.54. The highest BCUT2D eigenvalue weighted by Gasteiger charge is 2.37. The normalized spacial score (nSPS) is 17.9. The Morgan fingerprint density at radius 2 is 2.19 bits per heavy atom. The lowest BCUT2D eigenvalue weighted by Gasteiger charge is -2.18. The molecule has 2 rings (SSSR count). The second kappa shape index (κ2) is 9.59. The van der Waals surface area contributed by atoms with Gasteiger partial charge in [-0.3, -0.25) is 14.4 Å². The van der Waals surface area contributed by atoms with Gasteiger partial charge >= 0.3 is 5.97 Å². The maximum atomic E-state index is 12.3. The fourth-order valence-electron chi connectivity index (χ4n) is 2.64. The Bertz CT molecular complexity index is 667. The number of thioether (sulfide) groups is 1. The molecule has 0 unspecified atom stereocenters. The lowest BCUT2D eigenvalue weighted by atomic mass is 10.1. The summed E-state index contributed by atoms with van der Waals surface area (Å²) in [5.41, 5.74) is 0.766. The van der Waals surface area contributed by atoms with Crippen molar-refractivity contribution in [3.63, 3.8) is 0 Å². The van der Waals surface area contributed by atoms with Crippen LogP contribution in [0.25, 0.3) is 0 Å². The fourth-order valence-corrected chi connectivity index (χ4v) is 3.09. The zero-order chi connectivity index (χ0) is 19.1. The number of benzene rings is 1. The Balaban J connectivity index is 1.92. The molecule has 1 aliphatic rings. The van der Waals surface area contributed by atoms with Crippen LogP contribution < -0.4 is 10.2 Å². The van der Waals surface area contributed by atoms with Crippen LogP contribution in [0.1, 0.15) is 13.3 Å². The van der Waals surface area contributed by atoms with Crippen LogP contribution in [0.3, 0.4) is 0 Å². The highest BCUT2D eigenvalue weighted by Crippen LogP contribution is 2.28. The quantitative estimate of drug-likeness (QED) is 0.417. The molecule has 0 radical (unpaired) electrons. The number of amides is 2. The lowest BCUT2D eigenvalue weighted by Crippen LogP contribution is -2.38. The average Bonchev–Trinajstić information content (AvgIpc) is 3.03. The molecule has 0 bridgehead atoms. The average molecular weight is 380 g/mol. The summed E-state index contributed by atoms with van der Waals surface area (Å²) in [6.45, 7) is 2.50. The van der Waals surface area contributed by atoms with Gasteiger partial charge < -0.3 is 19.7 Å². The van der Waals surface area contributed by atoms with E-state index in [2.05, 4.69) is 5.32 Å². The van der Waals surface area contributed by atoms with Crippen molar-refractivity contribution in [3.05, 3.63) is 24.3 Å². The minimum absolute atomic E-state index is 0.0837. The molecule has 1 aromatic carbocycles. The first-order valence-electron chi connectivity index (χ1n) is 8.37. The van der Waals surface area contributed by atoms with E-state index in [4.69, 9.17) is 9.47 Å². The van der Waals surface area contributed by atoms with Crippen molar-refractivity contribution in [1.82, 2.24) is 5.32 Å².